The number of amides is 3. The zero-order chi connectivity index (χ0) is 20.1. The Balaban J connectivity index is 1.74. The summed E-state index contributed by atoms with van der Waals surface area (Å²) in [6.07, 6.45) is 1.87. The van der Waals surface area contributed by atoms with E-state index in [1.165, 1.54) is 17.0 Å². The van der Waals surface area contributed by atoms with Crippen LogP contribution in [-0.4, -0.2) is 40.9 Å². The van der Waals surface area contributed by atoms with Gasteiger partial charge in [0.05, 0.1) is 6.54 Å². The van der Waals surface area contributed by atoms with Gasteiger partial charge in [0.1, 0.15) is 12.4 Å². The maximum atomic E-state index is 13.2. The Morgan fingerprint density at radius 1 is 1.14 bits per heavy atom. The molecule has 3 amide bonds. The second-order valence-electron chi connectivity index (χ2n) is 7.08. The van der Waals surface area contributed by atoms with Crippen LogP contribution < -0.4 is 5.32 Å². The molecule has 0 saturated heterocycles. The average Bonchev–Trinajstić information content (AvgIpc) is 3.42. The summed E-state index contributed by atoms with van der Waals surface area (Å²) in [5.74, 6) is -0.403. The molecule has 1 aliphatic carbocycles. The highest BCUT2D eigenvalue weighted by atomic mass is 32.1. The molecule has 0 aliphatic heterocycles. The number of hydrogen-bond acceptors (Lipinski definition) is 3. The van der Waals surface area contributed by atoms with E-state index in [-0.39, 0.29) is 30.3 Å². The molecule has 0 atom stereocenters. The van der Waals surface area contributed by atoms with Gasteiger partial charge in [-0.3, -0.25) is 4.79 Å². The topological polar surface area (TPSA) is 52.7 Å². The van der Waals surface area contributed by atoms with Gasteiger partial charge in [0.2, 0.25) is 5.91 Å². The summed E-state index contributed by atoms with van der Waals surface area (Å²) in [5, 5.41) is 2.80. The number of urea groups is 1. The van der Waals surface area contributed by atoms with E-state index >= 15 is 0 Å². The van der Waals surface area contributed by atoms with Crippen molar-refractivity contribution in [2.75, 3.05) is 13.1 Å². The molecule has 1 aromatic heterocycles. The lowest BCUT2D eigenvalue weighted by atomic mass is 10.2. The van der Waals surface area contributed by atoms with Crippen LogP contribution in [-0.2, 0) is 17.9 Å². The van der Waals surface area contributed by atoms with Crippen molar-refractivity contribution in [1.29, 1.82) is 0 Å². The van der Waals surface area contributed by atoms with Crippen LogP contribution in [0.4, 0.5) is 9.18 Å². The van der Waals surface area contributed by atoms with Gasteiger partial charge in [-0.15, -0.1) is 11.3 Å². The molecule has 5 nitrogen and oxygen atoms in total. The fourth-order valence-corrected chi connectivity index (χ4v) is 3.96. The van der Waals surface area contributed by atoms with Crippen LogP contribution in [0.5, 0.6) is 0 Å². The molecular formula is C21H26FN3O2S. The maximum absolute atomic E-state index is 13.2. The zero-order valence-corrected chi connectivity index (χ0v) is 17.1. The van der Waals surface area contributed by atoms with Gasteiger partial charge < -0.3 is 15.1 Å². The van der Waals surface area contributed by atoms with E-state index in [1.807, 2.05) is 26.0 Å². The van der Waals surface area contributed by atoms with Gasteiger partial charge in [0.15, 0.2) is 0 Å². The molecule has 28 heavy (non-hydrogen) atoms. The minimum atomic E-state index is -0.299. The molecule has 1 saturated carbocycles. The highest BCUT2D eigenvalue weighted by Crippen LogP contribution is 2.27. The lowest BCUT2D eigenvalue weighted by molar-refractivity contribution is -0.133. The Morgan fingerprint density at radius 3 is 2.43 bits per heavy atom. The van der Waals surface area contributed by atoms with E-state index in [0.29, 0.717) is 19.6 Å². The van der Waals surface area contributed by atoms with Gasteiger partial charge in [0, 0.05) is 28.9 Å². The molecular weight excluding hydrogens is 377 g/mol. The first-order valence-corrected chi connectivity index (χ1v) is 10.4. The van der Waals surface area contributed by atoms with Crippen molar-refractivity contribution in [2.24, 2.45) is 0 Å². The van der Waals surface area contributed by atoms with Crippen LogP contribution >= 0.6 is 11.3 Å². The second kappa shape index (κ2) is 9.19. The second-order valence-corrected chi connectivity index (χ2v) is 8.46. The number of aryl methyl sites for hydroxylation is 1. The Bertz CT molecular complexity index is 817. The van der Waals surface area contributed by atoms with Crippen molar-refractivity contribution in [2.45, 2.75) is 45.8 Å². The molecule has 1 aliphatic rings. The van der Waals surface area contributed by atoms with E-state index in [9.17, 15) is 14.0 Å². The summed E-state index contributed by atoms with van der Waals surface area (Å²) in [5.41, 5.74) is 0.860. The number of hydrogen-bond donors (Lipinski definition) is 1. The third-order valence-electron chi connectivity index (χ3n) is 4.66. The first-order valence-electron chi connectivity index (χ1n) is 9.58. The van der Waals surface area contributed by atoms with Gasteiger partial charge in [-0.25, -0.2) is 9.18 Å². The largest absolute Gasteiger partial charge is 0.338 e. The maximum Gasteiger partial charge on any atom is 0.318 e. The van der Waals surface area contributed by atoms with Crippen LogP contribution in [0.15, 0.2) is 36.4 Å². The van der Waals surface area contributed by atoms with Crippen LogP contribution in [0.2, 0.25) is 0 Å². The molecule has 1 aromatic carbocycles. The lowest BCUT2D eigenvalue weighted by Gasteiger charge is -2.27. The minimum Gasteiger partial charge on any atom is -0.338 e. The fraction of sp³-hybridized carbons (Fsp3) is 0.429. The molecule has 3 rings (SSSR count). The van der Waals surface area contributed by atoms with Crippen molar-refractivity contribution in [1.82, 2.24) is 15.1 Å². The smallest absolute Gasteiger partial charge is 0.318 e. The monoisotopic (exact) mass is 403 g/mol. The zero-order valence-electron chi connectivity index (χ0n) is 16.3. The molecule has 1 N–H and O–H groups in total. The molecule has 0 unspecified atom stereocenters. The van der Waals surface area contributed by atoms with Crippen LogP contribution in [0.25, 0.3) is 0 Å². The van der Waals surface area contributed by atoms with E-state index < -0.39 is 0 Å². The van der Waals surface area contributed by atoms with Crippen molar-refractivity contribution in [3.8, 4) is 0 Å². The number of benzene rings is 1. The molecule has 0 spiro atoms. The van der Waals surface area contributed by atoms with E-state index in [0.717, 1.165) is 23.3 Å². The van der Waals surface area contributed by atoms with E-state index in [2.05, 4.69) is 5.32 Å². The predicted molar refractivity (Wildman–Crippen MR) is 109 cm³/mol. The Labute approximate surface area is 169 Å². The SMILES string of the molecule is CCNC(=O)N(CC(=O)N(Cc1ccc(F)cc1)Cc1ccc(C)s1)C1CC1. The van der Waals surface area contributed by atoms with Crippen molar-refractivity contribution >= 4 is 23.3 Å². The average molecular weight is 404 g/mol. The van der Waals surface area contributed by atoms with Gasteiger partial charge >= 0.3 is 6.03 Å². The Morgan fingerprint density at radius 2 is 1.86 bits per heavy atom. The van der Waals surface area contributed by atoms with Crippen molar-refractivity contribution in [3.63, 3.8) is 0 Å². The third-order valence-corrected chi connectivity index (χ3v) is 5.65. The van der Waals surface area contributed by atoms with E-state index in [1.54, 1.807) is 33.3 Å². The summed E-state index contributed by atoms with van der Waals surface area (Å²) in [7, 11) is 0. The van der Waals surface area contributed by atoms with Crippen molar-refractivity contribution in [3.05, 3.63) is 57.5 Å². The number of nitrogens with one attached hydrogen (secondary N) is 1. The highest BCUT2D eigenvalue weighted by Gasteiger charge is 2.34. The summed E-state index contributed by atoms with van der Waals surface area (Å²) >= 11 is 1.65. The predicted octanol–water partition coefficient (Wildman–Crippen LogP) is 3.92. The first-order chi connectivity index (χ1) is 13.5. The third kappa shape index (κ3) is 5.55. The number of carbonyl (C=O) groups is 2. The normalized spacial score (nSPS) is 13.2. The molecule has 7 heteroatoms. The molecule has 1 heterocycles. The van der Waals surface area contributed by atoms with Gasteiger partial charge in [-0.1, -0.05) is 12.1 Å². The highest BCUT2D eigenvalue weighted by molar-refractivity contribution is 7.11. The first kappa shape index (κ1) is 20.3. The molecule has 0 radical (unpaired) electrons. The summed E-state index contributed by atoms with van der Waals surface area (Å²) in [6.45, 7) is 5.34. The number of carbonyl (C=O) groups excluding carboxylic acids is 2. The number of halogens is 1. The number of rotatable bonds is 8. The summed E-state index contributed by atoms with van der Waals surface area (Å²) < 4.78 is 13.2. The minimum absolute atomic E-state index is 0.0576. The van der Waals surface area contributed by atoms with Crippen LogP contribution in [0, 0.1) is 12.7 Å². The molecule has 0 bridgehead atoms. The van der Waals surface area contributed by atoms with Crippen LogP contribution in [0.3, 0.4) is 0 Å². The fourth-order valence-electron chi connectivity index (χ4n) is 3.05. The summed E-state index contributed by atoms with van der Waals surface area (Å²) in [4.78, 5) is 31.1. The van der Waals surface area contributed by atoms with Crippen LogP contribution in [0.1, 0.15) is 35.1 Å². The van der Waals surface area contributed by atoms with E-state index in [4.69, 9.17) is 0 Å². The van der Waals surface area contributed by atoms with Gasteiger partial charge in [0.25, 0.3) is 0 Å². The quantitative estimate of drug-likeness (QED) is 0.726. The standard InChI is InChI=1S/C21H26FN3O2S/c1-3-23-21(27)25(18-9-10-18)14-20(26)24(13-19-11-4-15(2)28-19)12-16-5-7-17(22)8-6-16/h4-8,11,18H,3,9-10,12-14H2,1-2H3,(H,23,27). The Kier molecular flexibility index (Phi) is 6.67. The summed E-state index contributed by atoms with van der Waals surface area (Å²) in [6, 6.07) is 10.2. The van der Waals surface area contributed by atoms with Crippen molar-refractivity contribution < 1.29 is 14.0 Å². The number of nitrogens with zero attached hydrogens (tertiary/aromatic N) is 2. The van der Waals surface area contributed by atoms with Gasteiger partial charge in [-0.2, -0.15) is 0 Å². The molecule has 2 aromatic rings. The van der Waals surface area contributed by atoms with Gasteiger partial charge in [-0.05, 0) is 56.5 Å². The number of thiophene rings is 1. The Hall–Kier alpha value is -2.41. The molecule has 1 fully saturated rings. The molecule has 150 valence electrons. The lowest BCUT2D eigenvalue weighted by Crippen LogP contribution is -2.47.